The zero-order valence-corrected chi connectivity index (χ0v) is 11.9. The number of benzene rings is 1. The van der Waals surface area contributed by atoms with Crippen LogP contribution in [-0.2, 0) is 4.79 Å². The second kappa shape index (κ2) is 6.06. The quantitative estimate of drug-likeness (QED) is 0.877. The maximum absolute atomic E-state index is 12.0. The van der Waals surface area contributed by atoms with Crippen molar-refractivity contribution >= 4 is 33.6 Å². The van der Waals surface area contributed by atoms with E-state index in [1.54, 1.807) is 4.90 Å². The number of rotatable bonds is 2. The van der Waals surface area contributed by atoms with Gasteiger partial charge in [-0.1, -0.05) is 12.1 Å². The van der Waals surface area contributed by atoms with Crippen molar-refractivity contribution in [2.75, 3.05) is 18.4 Å². The summed E-state index contributed by atoms with van der Waals surface area (Å²) in [7, 11) is 0. The Kier molecular flexibility index (Phi) is 4.42. The molecule has 0 aromatic heterocycles. The number of nitrogens with zero attached hydrogens (tertiary/aromatic N) is 1. The minimum absolute atomic E-state index is 0.185. The number of carbonyl (C=O) groups excluding carboxylic acids is 1. The Bertz CT molecular complexity index is 485. The van der Waals surface area contributed by atoms with Crippen molar-refractivity contribution in [1.29, 1.82) is 0 Å². The number of hydrogen-bond acceptors (Lipinski definition) is 2. The van der Waals surface area contributed by atoms with Crippen LogP contribution in [-0.4, -0.2) is 35.1 Å². The lowest BCUT2D eigenvalue weighted by Gasteiger charge is -2.30. The number of aliphatic carboxylic acids is 1. The van der Waals surface area contributed by atoms with Crippen LogP contribution in [0.1, 0.15) is 12.8 Å². The van der Waals surface area contributed by atoms with E-state index in [2.05, 4.69) is 21.2 Å². The van der Waals surface area contributed by atoms with Gasteiger partial charge in [0.05, 0.1) is 11.6 Å². The van der Waals surface area contributed by atoms with Gasteiger partial charge in [-0.25, -0.2) is 4.79 Å². The molecule has 0 radical (unpaired) electrons. The third-order valence-electron chi connectivity index (χ3n) is 3.25. The van der Waals surface area contributed by atoms with E-state index in [0.29, 0.717) is 31.6 Å². The molecule has 0 aliphatic carbocycles. The molecule has 1 fully saturated rings. The Morgan fingerprint density at radius 1 is 1.26 bits per heavy atom. The molecule has 1 aliphatic heterocycles. The monoisotopic (exact) mass is 326 g/mol. The average Bonchev–Trinajstić information content (AvgIpc) is 2.41. The highest BCUT2D eigenvalue weighted by Crippen LogP contribution is 2.23. The molecule has 2 N–H and O–H groups in total. The number of halogens is 1. The van der Waals surface area contributed by atoms with Gasteiger partial charge in [0.1, 0.15) is 0 Å². The van der Waals surface area contributed by atoms with Crippen LogP contribution in [0.4, 0.5) is 10.5 Å². The Balaban J connectivity index is 1.92. The first-order valence-corrected chi connectivity index (χ1v) is 6.90. The second-order valence-electron chi connectivity index (χ2n) is 4.51. The summed E-state index contributed by atoms with van der Waals surface area (Å²) in [5, 5.41) is 11.7. The fourth-order valence-electron chi connectivity index (χ4n) is 2.09. The predicted octanol–water partition coefficient (Wildman–Crippen LogP) is 2.78. The molecule has 2 amide bonds. The van der Waals surface area contributed by atoms with Crippen LogP contribution in [0.15, 0.2) is 28.7 Å². The van der Waals surface area contributed by atoms with Crippen molar-refractivity contribution in [2.24, 2.45) is 5.92 Å². The normalized spacial score (nSPS) is 16.2. The van der Waals surface area contributed by atoms with Crippen molar-refractivity contribution in [2.45, 2.75) is 12.8 Å². The minimum Gasteiger partial charge on any atom is -0.481 e. The third-order valence-corrected chi connectivity index (χ3v) is 3.94. The number of urea groups is 1. The molecule has 5 nitrogen and oxygen atoms in total. The summed E-state index contributed by atoms with van der Waals surface area (Å²) in [5.41, 5.74) is 0.716. The van der Waals surface area contributed by atoms with Crippen LogP contribution in [0, 0.1) is 5.92 Å². The van der Waals surface area contributed by atoms with Gasteiger partial charge in [0.15, 0.2) is 0 Å². The summed E-state index contributed by atoms with van der Waals surface area (Å²) in [6.07, 6.45) is 1.03. The van der Waals surface area contributed by atoms with Crippen molar-refractivity contribution in [1.82, 2.24) is 4.90 Å². The van der Waals surface area contributed by atoms with E-state index in [4.69, 9.17) is 5.11 Å². The summed E-state index contributed by atoms with van der Waals surface area (Å²) in [6, 6.07) is 7.20. The van der Waals surface area contributed by atoms with Crippen LogP contribution in [0.25, 0.3) is 0 Å². The highest BCUT2D eigenvalue weighted by Gasteiger charge is 2.27. The molecule has 0 spiro atoms. The molecular weight excluding hydrogens is 312 g/mol. The molecule has 1 saturated heterocycles. The van der Waals surface area contributed by atoms with E-state index >= 15 is 0 Å². The van der Waals surface area contributed by atoms with Crippen molar-refractivity contribution in [3.63, 3.8) is 0 Å². The number of likely N-dealkylation sites (tertiary alicyclic amines) is 1. The second-order valence-corrected chi connectivity index (χ2v) is 5.36. The SMILES string of the molecule is O=C(O)C1CCN(C(=O)Nc2ccccc2Br)CC1. The highest BCUT2D eigenvalue weighted by atomic mass is 79.9. The molecule has 1 heterocycles. The first-order valence-electron chi connectivity index (χ1n) is 6.11. The molecule has 1 aromatic rings. The van der Waals surface area contributed by atoms with E-state index in [9.17, 15) is 9.59 Å². The number of piperidine rings is 1. The summed E-state index contributed by atoms with van der Waals surface area (Å²) in [4.78, 5) is 24.5. The minimum atomic E-state index is -0.772. The van der Waals surface area contributed by atoms with Crippen molar-refractivity contribution in [3.05, 3.63) is 28.7 Å². The molecule has 1 aliphatic rings. The van der Waals surface area contributed by atoms with Crippen molar-refractivity contribution < 1.29 is 14.7 Å². The predicted molar refractivity (Wildman–Crippen MR) is 75.1 cm³/mol. The molecular formula is C13H15BrN2O3. The summed E-state index contributed by atoms with van der Waals surface area (Å²) in [6.45, 7) is 0.959. The fourth-order valence-corrected chi connectivity index (χ4v) is 2.47. The van der Waals surface area contributed by atoms with E-state index in [-0.39, 0.29) is 11.9 Å². The first kappa shape index (κ1) is 13.9. The van der Waals surface area contributed by atoms with E-state index in [1.165, 1.54) is 0 Å². The Hall–Kier alpha value is -1.56. The van der Waals surface area contributed by atoms with Crippen LogP contribution in [0.3, 0.4) is 0 Å². The lowest BCUT2D eigenvalue weighted by molar-refractivity contribution is -0.143. The topological polar surface area (TPSA) is 69.6 Å². The van der Waals surface area contributed by atoms with Crippen LogP contribution >= 0.6 is 15.9 Å². The Morgan fingerprint density at radius 2 is 1.89 bits per heavy atom. The number of hydrogen-bond donors (Lipinski definition) is 2. The van der Waals surface area contributed by atoms with Gasteiger partial charge >= 0.3 is 12.0 Å². The number of amides is 2. The van der Waals surface area contributed by atoms with E-state index in [1.807, 2.05) is 24.3 Å². The van der Waals surface area contributed by atoms with Gasteiger partial charge in [-0.15, -0.1) is 0 Å². The summed E-state index contributed by atoms with van der Waals surface area (Å²) >= 11 is 3.37. The number of carboxylic acid groups (broad SMARTS) is 1. The smallest absolute Gasteiger partial charge is 0.321 e. The third kappa shape index (κ3) is 3.47. The maximum atomic E-state index is 12.0. The molecule has 19 heavy (non-hydrogen) atoms. The molecule has 2 rings (SSSR count). The van der Waals surface area contributed by atoms with Gasteiger partial charge in [0, 0.05) is 17.6 Å². The number of carbonyl (C=O) groups is 2. The number of para-hydroxylation sites is 1. The largest absolute Gasteiger partial charge is 0.481 e. The van der Waals surface area contributed by atoms with Crippen molar-refractivity contribution in [3.8, 4) is 0 Å². The van der Waals surface area contributed by atoms with Crippen LogP contribution in [0.2, 0.25) is 0 Å². The zero-order chi connectivity index (χ0) is 13.8. The van der Waals surface area contributed by atoms with E-state index < -0.39 is 5.97 Å². The maximum Gasteiger partial charge on any atom is 0.321 e. The van der Waals surface area contributed by atoms with Gasteiger partial charge < -0.3 is 15.3 Å². The Morgan fingerprint density at radius 3 is 2.47 bits per heavy atom. The average molecular weight is 327 g/mol. The zero-order valence-electron chi connectivity index (χ0n) is 10.3. The van der Waals surface area contributed by atoms with Gasteiger partial charge in [-0.2, -0.15) is 0 Å². The lowest BCUT2D eigenvalue weighted by atomic mass is 9.97. The molecule has 6 heteroatoms. The molecule has 0 unspecified atom stereocenters. The van der Waals surface area contributed by atoms with Gasteiger partial charge in [0.2, 0.25) is 0 Å². The standard InChI is InChI=1S/C13H15BrN2O3/c14-10-3-1-2-4-11(10)15-13(19)16-7-5-9(6-8-16)12(17)18/h1-4,9H,5-8H2,(H,15,19)(H,17,18). The molecule has 0 bridgehead atoms. The molecule has 0 saturated carbocycles. The lowest BCUT2D eigenvalue weighted by Crippen LogP contribution is -2.42. The van der Waals surface area contributed by atoms with E-state index in [0.717, 1.165) is 4.47 Å². The summed E-state index contributed by atoms with van der Waals surface area (Å²) < 4.78 is 0.823. The number of anilines is 1. The van der Waals surface area contributed by atoms with Gasteiger partial charge in [0.25, 0.3) is 0 Å². The van der Waals surface area contributed by atoms with Crippen LogP contribution < -0.4 is 5.32 Å². The molecule has 102 valence electrons. The highest BCUT2D eigenvalue weighted by molar-refractivity contribution is 9.10. The molecule has 1 aromatic carbocycles. The molecule has 0 atom stereocenters. The fraction of sp³-hybridized carbons (Fsp3) is 0.385. The first-order chi connectivity index (χ1) is 9.08. The Labute approximate surface area is 119 Å². The van der Waals surface area contributed by atoms with Gasteiger partial charge in [-0.05, 0) is 40.9 Å². The van der Waals surface area contributed by atoms with Crippen LogP contribution in [0.5, 0.6) is 0 Å². The number of nitrogens with one attached hydrogen (secondary N) is 1. The number of carboxylic acids is 1. The summed E-state index contributed by atoms with van der Waals surface area (Å²) in [5.74, 6) is -1.10. The van der Waals surface area contributed by atoms with Gasteiger partial charge in [-0.3, -0.25) is 4.79 Å².